The number of fused-ring (bicyclic) bond motifs is 4. The van der Waals surface area contributed by atoms with Crippen LogP contribution in [0.2, 0.25) is 0 Å². The van der Waals surface area contributed by atoms with E-state index in [4.69, 9.17) is 4.42 Å². The van der Waals surface area contributed by atoms with E-state index in [2.05, 4.69) is 92.2 Å². The van der Waals surface area contributed by atoms with Gasteiger partial charge >= 0.3 is 0 Å². The van der Waals surface area contributed by atoms with E-state index >= 15 is 0 Å². The van der Waals surface area contributed by atoms with Crippen LogP contribution < -0.4 is 4.90 Å². The lowest BCUT2D eigenvalue weighted by Crippen LogP contribution is -2.12. The molecule has 2 heterocycles. The van der Waals surface area contributed by atoms with E-state index in [-0.39, 0.29) is 0 Å². The molecule has 0 N–H and O–H groups in total. The standard InChI is InChI=1S/C25H23N3O/c1-14-7-9-22-19(12-14)23-25(29-22)28(24-17(4)10-16(3)11-18(24)5)21-8-6-15(2)13-20(21)26-27-23/h6-13H,1-5H3. The molecule has 1 aliphatic heterocycles. The number of azo groups is 1. The first-order chi connectivity index (χ1) is 13.9. The zero-order chi connectivity index (χ0) is 20.3. The maximum absolute atomic E-state index is 6.39. The van der Waals surface area contributed by atoms with Crippen LogP contribution in [0, 0.1) is 34.6 Å². The Bertz CT molecular complexity index is 1290. The number of aryl methyl sites for hydroxylation is 5. The monoisotopic (exact) mass is 381 g/mol. The van der Waals surface area contributed by atoms with Gasteiger partial charge in [-0.1, -0.05) is 35.4 Å². The second kappa shape index (κ2) is 6.31. The van der Waals surface area contributed by atoms with Crippen LogP contribution >= 0.6 is 0 Å². The van der Waals surface area contributed by atoms with Crippen LogP contribution in [-0.4, -0.2) is 0 Å². The predicted molar refractivity (Wildman–Crippen MR) is 119 cm³/mol. The number of benzene rings is 3. The zero-order valence-electron chi connectivity index (χ0n) is 17.4. The Hall–Kier alpha value is -3.40. The molecule has 0 unspecified atom stereocenters. The van der Waals surface area contributed by atoms with Crippen LogP contribution in [-0.2, 0) is 0 Å². The minimum Gasteiger partial charge on any atom is -0.437 e. The summed E-state index contributed by atoms with van der Waals surface area (Å²) < 4.78 is 6.39. The van der Waals surface area contributed by atoms with Crippen LogP contribution in [0.5, 0.6) is 0 Å². The topological polar surface area (TPSA) is 41.1 Å². The highest BCUT2D eigenvalue weighted by Gasteiger charge is 2.29. The summed E-state index contributed by atoms with van der Waals surface area (Å²) in [6.45, 7) is 10.6. The summed E-state index contributed by atoms with van der Waals surface area (Å²) in [6.07, 6.45) is 0. The van der Waals surface area contributed by atoms with Gasteiger partial charge in [-0.15, -0.1) is 10.2 Å². The Balaban J connectivity index is 1.89. The first kappa shape index (κ1) is 17.7. The summed E-state index contributed by atoms with van der Waals surface area (Å²) in [5, 5.41) is 10.2. The van der Waals surface area contributed by atoms with Gasteiger partial charge in [0.1, 0.15) is 11.3 Å². The van der Waals surface area contributed by atoms with Crippen molar-refractivity contribution in [2.24, 2.45) is 10.2 Å². The fourth-order valence-electron chi connectivity index (χ4n) is 4.30. The van der Waals surface area contributed by atoms with E-state index in [0.29, 0.717) is 5.88 Å². The van der Waals surface area contributed by atoms with Gasteiger partial charge in [0.25, 0.3) is 0 Å². The number of rotatable bonds is 1. The maximum Gasteiger partial charge on any atom is 0.233 e. The highest BCUT2D eigenvalue weighted by molar-refractivity contribution is 6.01. The molecule has 0 saturated heterocycles. The van der Waals surface area contributed by atoms with Crippen molar-refractivity contribution >= 4 is 39.6 Å². The second-order valence-electron chi connectivity index (χ2n) is 8.03. The SMILES string of the molecule is Cc1cc(C)c(N2c3ccc(C)cc3N=Nc3c2oc2ccc(C)cc32)c(C)c1. The quantitative estimate of drug-likeness (QED) is 0.294. The number of anilines is 3. The van der Waals surface area contributed by atoms with Crippen molar-refractivity contribution < 1.29 is 4.42 Å². The van der Waals surface area contributed by atoms with Crippen molar-refractivity contribution in [2.45, 2.75) is 34.6 Å². The van der Waals surface area contributed by atoms with E-state index in [1.165, 1.54) is 22.3 Å². The van der Waals surface area contributed by atoms with Gasteiger partial charge in [-0.2, -0.15) is 0 Å². The van der Waals surface area contributed by atoms with Crippen LogP contribution in [0.3, 0.4) is 0 Å². The number of hydrogen-bond donors (Lipinski definition) is 0. The Morgan fingerprint density at radius 2 is 1.41 bits per heavy atom. The van der Waals surface area contributed by atoms with Crippen LogP contribution in [0.4, 0.5) is 28.6 Å². The summed E-state index contributed by atoms with van der Waals surface area (Å²) in [6, 6.07) is 16.9. The predicted octanol–water partition coefficient (Wildman–Crippen LogP) is 8.17. The third-order valence-corrected chi connectivity index (χ3v) is 5.49. The molecule has 29 heavy (non-hydrogen) atoms. The first-order valence-corrected chi connectivity index (χ1v) is 9.86. The van der Waals surface area contributed by atoms with Crippen molar-refractivity contribution in [1.29, 1.82) is 0 Å². The molecule has 0 atom stereocenters. The molecule has 144 valence electrons. The molecule has 0 aliphatic carbocycles. The molecule has 4 aromatic rings. The summed E-state index contributed by atoms with van der Waals surface area (Å²) >= 11 is 0. The van der Waals surface area contributed by atoms with Crippen molar-refractivity contribution in [3.05, 3.63) is 76.3 Å². The van der Waals surface area contributed by atoms with Crippen LogP contribution in [0.25, 0.3) is 11.0 Å². The molecule has 4 nitrogen and oxygen atoms in total. The molecule has 3 aromatic carbocycles. The van der Waals surface area contributed by atoms with E-state index in [1.807, 2.05) is 6.07 Å². The molecule has 5 rings (SSSR count). The smallest absolute Gasteiger partial charge is 0.233 e. The summed E-state index contributed by atoms with van der Waals surface area (Å²) in [5.74, 6) is 0.715. The third kappa shape index (κ3) is 2.75. The van der Waals surface area contributed by atoms with E-state index in [1.54, 1.807) is 0 Å². The molecule has 0 radical (unpaired) electrons. The van der Waals surface area contributed by atoms with Crippen molar-refractivity contribution in [2.75, 3.05) is 4.90 Å². The van der Waals surface area contributed by atoms with Crippen LogP contribution in [0.1, 0.15) is 27.8 Å². The van der Waals surface area contributed by atoms with E-state index in [9.17, 15) is 0 Å². The van der Waals surface area contributed by atoms with Gasteiger partial charge in [-0.25, -0.2) is 0 Å². The third-order valence-electron chi connectivity index (χ3n) is 5.49. The lowest BCUT2D eigenvalue weighted by Gasteiger charge is -2.26. The van der Waals surface area contributed by atoms with Gasteiger partial charge < -0.3 is 4.42 Å². The highest BCUT2D eigenvalue weighted by Crippen LogP contribution is 2.52. The molecule has 0 fully saturated rings. The maximum atomic E-state index is 6.39. The van der Waals surface area contributed by atoms with E-state index in [0.717, 1.165) is 39.3 Å². The average Bonchev–Trinajstić information content (AvgIpc) is 2.93. The number of furan rings is 1. The summed E-state index contributed by atoms with van der Waals surface area (Å²) in [5.41, 5.74) is 10.5. The normalized spacial score (nSPS) is 12.8. The Morgan fingerprint density at radius 3 is 2.17 bits per heavy atom. The molecule has 0 saturated carbocycles. The number of hydrogen-bond acceptors (Lipinski definition) is 4. The molecule has 0 spiro atoms. The molecule has 1 aliphatic rings. The Morgan fingerprint density at radius 1 is 0.724 bits per heavy atom. The molecule has 0 amide bonds. The van der Waals surface area contributed by atoms with Crippen molar-refractivity contribution in [1.82, 2.24) is 0 Å². The minimum absolute atomic E-state index is 0.715. The average molecular weight is 381 g/mol. The molecule has 4 heteroatoms. The Kier molecular flexibility index (Phi) is 3.85. The largest absolute Gasteiger partial charge is 0.437 e. The fourth-order valence-corrected chi connectivity index (χ4v) is 4.30. The summed E-state index contributed by atoms with van der Waals surface area (Å²) in [7, 11) is 0. The lowest BCUT2D eigenvalue weighted by molar-refractivity contribution is 0.621. The number of nitrogens with zero attached hydrogens (tertiary/aromatic N) is 3. The molecule has 1 aromatic heterocycles. The fraction of sp³-hybridized carbons (Fsp3) is 0.200. The van der Waals surface area contributed by atoms with Crippen molar-refractivity contribution in [3.8, 4) is 0 Å². The lowest BCUT2D eigenvalue weighted by atomic mass is 10.0. The van der Waals surface area contributed by atoms with Gasteiger partial charge in [0.15, 0.2) is 5.69 Å². The van der Waals surface area contributed by atoms with Gasteiger partial charge in [0, 0.05) is 0 Å². The van der Waals surface area contributed by atoms with Crippen LogP contribution in [0.15, 0.2) is 63.2 Å². The highest BCUT2D eigenvalue weighted by atomic mass is 16.4. The van der Waals surface area contributed by atoms with Gasteiger partial charge in [0.2, 0.25) is 5.88 Å². The van der Waals surface area contributed by atoms with Gasteiger partial charge in [0.05, 0.1) is 16.8 Å². The molecular formula is C25H23N3O. The first-order valence-electron chi connectivity index (χ1n) is 9.86. The molecule has 0 bridgehead atoms. The molecular weight excluding hydrogens is 358 g/mol. The second-order valence-corrected chi connectivity index (χ2v) is 8.03. The zero-order valence-corrected chi connectivity index (χ0v) is 17.4. The van der Waals surface area contributed by atoms with Crippen molar-refractivity contribution in [3.63, 3.8) is 0 Å². The Labute approximate surface area is 170 Å². The minimum atomic E-state index is 0.715. The van der Waals surface area contributed by atoms with Gasteiger partial charge in [-0.3, -0.25) is 4.90 Å². The summed E-state index contributed by atoms with van der Waals surface area (Å²) in [4.78, 5) is 2.18. The van der Waals surface area contributed by atoms with E-state index < -0.39 is 0 Å². The van der Waals surface area contributed by atoms with Gasteiger partial charge in [-0.05, 0) is 75.6 Å².